The lowest BCUT2D eigenvalue weighted by atomic mass is 10.2. The van der Waals surface area contributed by atoms with Crippen LogP contribution in [0.1, 0.15) is 15.4 Å². The van der Waals surface area contributed by atoms with Crippen LogP contribution in [0.2, 0.25) is 0 Å². The van der Waals surface area contributed by atoms with Gasteiger partial charge in [-0.2, -0.15) is 0 Å². The SMILES string of the molecule is COCc1nc(-c2c(F)cccc2Br)sc1C(=O)O. The summed E-state index contributed by atoms with van der Waals surface area (Å²) in [5.41, 5.74) is 0.558. The van der Waals surface area contributed by atoms with Gasteiger partial charge in [-0.15, -0.1) is 11.3 Å². The molecule has 2 rings (SSSR count). The van der Waals surface area contributed by atoms with Crippen molar-refractivity contribution in [2.75, 3.05) is 7.11 Å². The minimum atomic E-state index is -1.09. The van der Waals surface area contributed by atoms with Crippen LogP contribution in [0.5, 0.6) is 0 Å². The second-order valence-corrected chi connectivity index (χ2v) is 5.48. The summed E-state index contributed by atoms with van der Waals surface area (Å²) in [6, 6.07) is 4.54. The predicted octanol–water partition coefficient (Wildman–Crippen LogP) is 3.56. The molecule has 0 saturated heterocycles. The van der Waals surface area contributed by atoms with Gasteiger partial charge < -0.3 is 9.84 Å². The van der Waals surface area contributed by atoms with Gasteiger partial charge in [-0.05, 0) is 28.1 Å². The Balaban J connectivity index is 2.57. The van der Waals surface area contributed by atoms with Crippen molar-refractivity contribution in [3.05, 3.63) is 39.1 Å². The van der Waals surface area contributed by atoms with E-state index in [1.165, 1.54) is 13.2 Å². The van der Waals surface area contributed by atoms with E-state index in [2.05, 4.69) is 20.9 Å². The maximum Gasteiger partial charge on any atom is 0.347 e. The summed E-state index contributed by atoms with van der Waals surface area (Å²) in [7, 11) is 1.45. The molecule has 0 bridgehead atoms. The van der Waals surface area contributed by atoms with Crippen LogP contribution in [0.25, 0.3) is 10.6 Å². The zero-order valence-corrected chi connectivity index (χ0v) is 12.2. The maximum absolute atomic E-state index is 13.8. The lowest BCUT2D eigenvalue weighted by Gasteiger charge is -2.01. The zero-order chi connectivity index (χ0) is 14.0. The van der Waals surface area contributed by atoms with E-state index in [9.17, 15) is 9.18 Å². The Morgan fingerprint density at radius 2 is 2.32 bits per heavy atom. The fourth-order valence-corrected chi connectivity index (χ4v) is 3.19. The van der Waals surface area contributed by atoms with E-state index in [1.807, 2.05) is 0 Å². The van der Waals surface area contributed by atoms with E-state index in [-0.39, 0.29) is 17.0 Å². The van der Waals surface area contributed by atoms with Crippen molar-refractivity contribution in [1.82, 2.24) is 4.98 Å². The Labute approximate surface area is 121 Å². The molecule has 0 unspecified atom stereocenters. The highest BCUT2D eigenvalue weighted by Crippen LogP contribution is 2.35. The molecule has 100 valence electrons. The van der Waals surface area contributed by atoms with Crippen molar-refractivity contribution < 1.29 is 19.0 Å². The molecule has 0 aliphatic heterocycles. The molecular formula is C12H9BrFNO3S. The molecule has 0 amide bonds. The Hall–Kier alpha value is -1.31. The van der Waals surface area contributed by atoms with Crippen LogP contribution < -0.4 is 0 Å². The van der Waals surface area contributed by atoms with E-state index in [1.54, 1.807) is 12.1 Å². The molecule has 1 aromatic heterocycles. The number of hydrogen-bond donors (Lipinski definition) is 1. The van der Waals surface area contributed by atoms with E-state index < -0.39 is 11.8 Å². The summed E-state index contributed by atoms with van der Waals surface area (Å²) in [6.07, 6.45) is 0. The molecule has 0 saturated carbocycles. The minimum absolute atomic E-state index is 0.0620. The Bertz CT molecular complexity index is 609. The van der Waals surface area contributed by atoms with Crippen molar-refractivity contribution >= 4 is 33.2 Å². The number of halogens is 2. The molecule has 1 N–H and O–H groups in total. The number of carboxylic acid groups (broad SMARTS) is 1. The molecule has 19 heavy (non-hydrogen) atoms. The highest BCUT2D eigenvalue weighted by atomic mass is 79.9. The predicted molar refractivity (Wildman–Crippen MR) is 72.9 cm³/mol. The number of aromatic carboxylic acids is 1. The van der Waals surface area contributed by atoms with Gasteiger partial charge in [0.05, 0.1) is 17.9 Å². The van der Waals surface area contributed by atoms with Gasteiger partial charge in [0.2, 0.25) is 0 Å². The summed E-state index contributed by atoms with van der Waals surface area (Å²) in [4.78, 5) is 15.3. The summed E-state index contributed by atoms with van der Waals surface area (Å²) >= 11 is 4.17. The van der Waals surface area contributed by atoms with E-state index in [0.717, 1.165) is 11.3 Å². The van der Waals surface area contributed by atoms with Crippen LogP contribution in [-0.4, -0.2) is 23.2 Å². The molecule has 0 aliphatic rings. The molecule has 2 aromatic rings. The number of ether oxygens (including phenoxy) is 1. The first-order valence-electron chi connectivity index (χ1n) is 5.21. The third-order valence-corrected chi connectivity index (χ3v) is 4.11. The number of carbonyl (C=O) groups is 1. The van der Waals surface area contributed by atoms with E-state index in [0.29, 0.717) is 15.2 Å². The average molecular weight is 346 g/mol. The van der Waals surface area contributed by atoms with Gasteiger partial charge in [0.15, 0.2) is 0 Å². The lowest BCUT2D eigenvalue weighted by Crippen LogP contribution is -1.99. The minimum Gasteiger partial charge on any atom is -0.477 e. The fraction of sp³-hybridized carbons (Fsp3) is 0.167. The van der Waals surface area contributed by atoms with E-state index >= 15 is 0 Å². The monoisotopic (exact) mass is 345 g/mol. The van der Waals surface area contributed by atoms with Gasteiger partial charge in [-0.1, -0.05) is 6.07 Å². The van der Waals surface area contributed by atoms with E-state index in [4.69, 9.17) is 9.84 Å². The molecule has 4 nitrogen and oxygen atoms in total. The van der Waals surface area contributed by atoms with Crippen LogP contribution in [0.3, 0.4) is 0 Å². The lowest BCUT2D eigenvalue weighted by molar-refractivity contribution is 0.0697. The van der Waals surface area contributed by atoms with Crippen molar-refractivity contribution in [2.45, 2.75) is 6.61 Å². The number of thiazole rings is 1. The molecular weight excluding hydrogens is 337 g/mol. The van der Waals surface area contributed by atoms with Gasteiger partial charge in [0.25, 0.3) is 0 Å². The first kappa shape index (κ1) is 14.1. The Morgan fingerprint density at radius 3 is 2.89 bits per heavy atom. The van der Waals surface area contributed by atoms with Crippen molar-refractivity contribution in [3.8, 4) is 10.6 Å². The third kappa shape index (κ3) is 2.83. The number of carboxylic acids is 1. The topological polar surface area (TPSA) is 59.4 Å². The molecule has 7 heteroatoms. The molecule has 0 aliphatic carbocycles. The Morgan fingerprint density at radius 1 is 1.58 bits per heavy atom. The first-order chi connectivity index (χ1) is 9.04. The van der Waals surface area contributed by atoms with Crippen molar-refractivity contribution in [2.24, 2.45) is 0 Å². The number of nitrogens with zero attached hydrogens (tertiary/aromatic N) is 1. The number of hydrogen-bond acceptors (Lipinski definition) is 4. The normalized spacial score (nSPS) is 10.7. The largest absolute Gasteiger partial charge is 0.477 e. The first-order valence-corrected chi connectivity index (χ1v) is 6.82. The average Bonchev–Trinajstić information content (AvgIpc) is 2.73. The standard InChI is InChI=1S/C12H9BrFNO3S/c1-18-5-8-10(12(16)17)19-11(15-8)9-6(13)3-2-4-7(9)14/h2-4H,5H2,1H3,(H,16,17). The van der Waals surface area contributed by atoms with Gasteiger partial charge in [-0.3, -0.25) is 0 Å². The second-order valence-electron chi connectivity index (χ2n) is 3.63. The fourth-order valence-electron chi connectivity index (χ4n) is 1.56. The summed E-state index contributed by atoms with van der Waals surface area (Å²) in [6.45, 7) is 0.0736. The molecule has 1 aromatic carbocycles. The van der Waals surface area contributed by atoms with Crippen LogP contribution >= 0.6 is 27.3 Å². The van der Waals surface area contributed by atoms with Crippen molar-refractivity contribution in [3.63, 3.8) is 0 Å². The molecule has 0 spiro atoms. The Kier molecular flexibility index (Phi) is 4.28. The summed E-state index contributed by atoms with van der Waals surface area (Å²) < 4.78 is 19.3. The quantitative estimate of drug-likeness (QED) is 0.920. The number of benzene rings is 1. The highest BCUT2D eigenvalue weighted by molar-refractivity contribution is 9.10. The summed E-state index contributed by atoms with van der Waals surface area (Å²) in [5.74, 6) is -1.55. The number of aromatic nitrogens is 1. The second kappa shape index (κ2) is 5.77. The highest BCUT2D eigenvalue weighted by Gasteiger charge is 2.21. The summed E-state index contributed by atoms with van der Waals surface area (Å²) in [5, 5.41) is 9.41. The zero-order valence-electron chi connectivity index (χ0n) is 9.81. The van der Waals surface area contributed by atoms with Gasteiger partial charge in [0, 0.05) is 11.6 Å². The van der Waals surface area contributed by atoms with Crippen LogP contribution in [0.4, 0.5) is 4.39 Å². The van der Waals surface area contributed by atoms with Crippen LogP contribution in [-0.2, 0) is 11.3 Å². The molecule has 0 fully saturated rings. The van der Waals surface area contributed by atoms with Gasteiger partial charge in [-0.25, -0.2) is 14.2 Å². The van der Waals surface area contributed by atoms with Crippen molar-refractivity contribution in [1.29, 1.82) is 0 Å². The molecule has 1 heterocycles. The number of rotatable bonds is 4. The van der Waals surface area contributed by atoms with Crippen LogP contribution in [0.15, 0.2) is 22.7 Å². The van der Waals surface area contributed by atoms with Gasteiger partial charge >= 0.3 is 5.97 Å². The smallest absolute Gasteiger partial charge is 0.347 e. The van der Waals surface area contributed by atoms with Crippen LogP contribution in [0, 0.1) is 5.82 Å². The molecule has 0 radical (unpaired) electrons. The molecule has 0 atom stereocenters. The number of methoxy groups -OCH3 is 1. The third-order valence-electron chi connectivity index (χ3n) is 2.35. The van der Waals surface area contributed by atoms with Gasteiger partial charge in [0.1, 0.15) is 15.7 Å². The maximum atomic E-state index is 13.8.